The molecule has 0 fully saturated rings. The maximum absolute atomic E-state index is 7.03. The molecule has 0 bridgehead atoms. The highest BCUT2D eigenvalue weighted by molar-refractivity contribution is 6.99. The third-order valence-corrected chi connectivity index (χ3v) is 11.9. The molecule has 0 aliphatic heterocycles. The zero-order valence-electron chi connectivity index (χ0n) is 25.5. The number of ether oxygens (including phenoxy) is 6. The van der Waals surface area contributed by atoms with Crippen molar-refractivity contribution in [2.45, 2.75) is 70.3 Å². The molecule has 0 aliphatic rings. The molecule has 0 amide bonds. The van der Waals surface area contributed by atoms with E-state index in [4.69, 9.17) is 32.8 Å². The van der Waals surface area contributed by atoms with Gasteiger partial charge in [-0.3, -0.25) is 0 Å². The Morgan fingerprint density at radius 3 is 1.75 bits per heavy atom. The van der Waals surface area contributed by atoms with Crippen molar-refractivity contribution in [3.05, 3.63) is 72.8 Å². The van der Waals surface area contributed by atoms with E-state index in [2.05, 4.69) is 81.4 Å². The highest BCUT2D eigenvalue weighted by Gasteiger charge is 2.49. The summed E-state index contributed by atoms with van der Waals surface area (Å²) in [5.41, 5.74) is 0. The summed E-state index contributed by atoms with van der Waals surface area (Å²) >= 11 is 0. The maximum atomic E-state index is 7.03. The quantitative estimate of drug-likeness (QED) is 0.0923. The van der Waals surface area contributed by atoms with Crippen molar-refractivity contribution in [3.8, 4) is 0 Å². The number of benzene rings is 2. The Morgan fingerprint density at radius 1 is 0.700 bits per heavy atom. The van der Waals surface area contributed by atoms with Crippen molar-refractivity contribution in [2.75, 3.05) is 48.3 Å². The van der Waals surface area contributed by atoms with Crippen LogP contribution in [0.1, 0.15) is 47.0 Å². The Bertz CT molecular complexity index is 894. The van der Waals surface area contributed by atoms with Gasteiger partial charge in [0, 0.05) is 27.9 Å². The minimum atomic E-state index is -2.53. The molecule has 3 atom stereocenters. The second-order valence-electron chi connectivity index (χ2n) is 10.8. The molecular formula is C32H50O7Si. The Labute approximate surface area is 242 Å². The topological polar surface area (TPSA) is 64.6 Å². The van der Waals surface area contributed by atoms with Crippen LogP contribution in [-0.2, 0) is 32.8 Å². The smallest absolute Gasteiger partial charge is 0.261 e. The van der Waals surface area contributed by atoms with Gasteiger partial charge in [-0.05, 0) is 41.6 Å². The van der Waals surface area contributed by atoms with Gasteiger partial charge in [0.25, 0.3) is 8.32 Å². The van der Waals surface area contributed by atoms with E-state index in [0.29, 0.717) is 6.61 Å². The van der Waals surface area contributed by atoms with Crippen molar-refractivity contribution in [1.82, 2.24) is 0 Å². The lowest BCUT2D eigenvalue weighted by atomic mass is 10.1. The van der Waals surface area contributed by atoms with Crippen LogP contribution in [0.5, 0.6) is 0 Å². The van der Waals surface area contributed by atoms with E-state index in [1.165, 1.54) is 10.4 Å². The number of hydrogen-bond acceptors (Lipinski definition) is 7. The van der Waals surface area contributed by atoms with E-state index >= 15 is 0 Å². The molecule has 8 heteroatoms. The van der Waals surface area contributed by atoms with E-state index in [-0.39, 0.29) is 43.7 Å². The summed E-state index contributed by atoms with van der Waals surface area (Å²) in [6.45, 7) is 10.1. The lowest BCUT2D eigenvalue weighted by Gasteiger charge is -2.43. The monoisotopic (exact) mass is 574 g/mol. The molecule has 0 aliphatic carbocycles. The molecule has 0 radical (unpaired) electrons. The number of unbranched alkanes of at least 4 members (excludes halogenated alkanes) is 1. The van der Waals surface area contributed by atoms with Gasteiger partial charge in [0.15, 0.2) is 0 Å². The average Bonchev–Trinajstić information content (AvgIpc) is 2.96. The van der Waals surface area contributed by atoms with Gasteiger partial charge in [0.2, 0.25) is 0 Å². The molecule has 0 heterocycles. The third kappa shape index (κ3) is 10.5. The van der Waals surface area contributed by atoms with E-state index in [9.17, 15) is 0 Å². The van der Waals surface area contributed by atoms with E-state index in [0.717, 1.165) is 19.3 Å². The zero-order chi connectivity index (χ0) is 29.3. The predicted molar refractivity (Wildman–Crippen MR) is 162 cm³/mol. The standard InChI is InChI=1S/C32H50O7Si/c1-27(36-24-33-5)31(38-26-35-7)22-21-28(37-25-34-6)16-14-15-23-39-40(32(2,3)4,29-17-10-8-11-18-29)30-19-12-9-13-20-30/h8-13,17-22,27-28,31H,14-16,23-26H2,1-7H3/b22-21-/t27-,28+,31+/m0/s1. The van der Waals surface area contributed by atoms with Crippen molar-refractivity contribution in [1.29, 1.82) is 0 Å². The van der Waals surface area contributed by atoms with Gasteiger partial charge in [0.1, 0.15) is 26.5 Å². The molecule has 0 saturated heterocycles. The molecular weight excluding hydrogens is 524 g/mol. The summed E-state index contributed by atoms with van der Waals surface area (Å²) in [7, 11) is 2.29. The minimum absolute atomic E-state index is 0.0403. The Hall–Kier alpha value is -1.88. The third-order valence-electron chi connectivity index (χ3n) is 6.82. The SMILES string of the molecule is COCO[C@@H](C)[C@@H](/C=C\[C@@H](CCCCO[Si](c1ccccc1)(c1ccccc1)C(C)(C)C)OCOC)OCOC. The van der Waals surface area contributed by atoms with Gasteiger partial charge in [-0.15, -0.1) is 0 Å². The average molecular weight is 575 g/mol. The first-order valence-electron chi connectivity index (χ1n) is 14.0. The first-order valence-corrected chi connectivity index (χ1v) is 16.0. The van der Waals surface area contributed by atoms with Gasteiger partial charge in [-0.1, -0.05) is 93.6 Å². The van der Waals surface area contributed by atoms with E-state index in [1.54, 1.807) is 21.3 Å². The van der Waals surface area contributed by atoms with Crippen LogP contribution in [0.3, 0.4) is 0 Å². The normalized spacial score (nSPS) is 14.9. The fraction of sp³-hybridized carbons (Fsp3) is 0.562. The molecule has 2 aromatic rings. The van der Waals surface area contributed by atoms with Gasteiger partial charge in [0.05, 0.1) is 12.2 Å². The molecule has 40 heavy (non-hydrogen) atoms. The molecule has 0 saturated carbocycles. The van der Waals surface area contributed by atoms with Crippen LogP contribution in [0.4, 0.5) is 0 Å². The van der Waals surface area contributed by atoms with Crippen LogP contribution in [0.2, 0.25) is 5.04 Å². The maximum Gasteiger partial charge on any atom is 0.261 e. The largest absolute Gasteiger partial charge is 0.407 e. The van der Waals surface area contributed by atoms with Crippen LogP contribution in [-0.4, -0.2) is 74.9 Å². The van der Waals surface area contributed by atoms with Crippen LogP contribution in [0.15, 0.2) is 72.8 Å². The molecule has 224 valence electrons. The fourth-order valence-corrected chi connectivity index (χ4v) is 9.43. The molecule has 0 spiro atoms. The molecule has 0 N–H and O–H groups in total. The minimum Gasteiger partial charge on any atom is -0.407 e. The number of rotatable bonds is 20. The number of hydrogen-bond donors (Lipinski definition) is 0. The molecule has 2 rings (SSSR count). The molecule has 2 aromatic carbocycles. The van der Waals surface area contributed by atoms with Gasteiger partial charge < -0.3 is 32.8 Å². The van der Waals surface area contributed by atoms with Crippen LogP contribution >= 0.6 is 0 Å². The number of methoxy groups -OCH3 is 3. The lowest BCUT2D eigenvalue weighted by molar-refractivity contribution is -0.137. The van der Waals surface area contributed by atoms with Crippen LogP contribution < -0.4 is 10.4 Å². The van der Waals surface area contributed by atoms with Crippen LogP contribution in [0, 0.1) is 0 Å². The highest BCUT2D eigenvalue weighted by atomic mass is 28.4. The lowest BCUT2D eigenvalue weighted by Crippen LogP contribution is -2.66. The first-order chi connectivity index (χ1) is 19.3. The second kappa shape index (κ2) is 18.5. The van der Waals surface area contributed by atoms with Gasteiger partial charge >= 0.3 is 0 Å². The van der Waals surface area contributed by atoms with Crippen molar-refractivity contribution in [2.24, 2.45) is 0 Å². The highest BCUT2D eigenvalue weighted by Crippen LogP contribution is 2.36. The molecule has 7 nitrogen and oxygen atoms in total. The van der Waals surface area contributed by atoms with Crippen molar-refractivity contribution >= 4 is 18.7 Å². The summed E-state index contributed by atoms with van der Waals surface area (Å²) in [6, 6.07) is 21.5. The Balaban J connectivity index is 2.09. The molecule has 0 aromatic heterocycles. The fourth-order valence-electron chi connectivity index (χ4n) is 4.82. The summed E-state index contributed by atoms with van der Waals surface area (Å²) < 4.78 is 39.8. The zero-order valence-corrected chi connectivity index (χ0v) is 26.5. The summed E-state index contributed by atoms with van der Waals surface area (Å²) in [5.74, 6) is 0. The summed E-state index contributed by atoms with van der Waals surface area (Å²) in [6.07, 6.45) is 6.03. The first kappa shape index (κ1) is 34.3. The van der Waals surface area contributed by atoms with E-state index < -0.39 is 8.32 Å². The Morgan fingerprint density at radius 2 is 1.23 bits per heavy atom. The summed E-state index contributed by atoms with van der Waals surface area (Å²) in [4.78, 5) is 0. The van der Waals surface area contributed by atoms with Crippen molar-refractivity contribution in [3.63, 3.8) is 0 Å². The van der Waals surface area contributed by atoms with Gasteiger partial charge in [-0.25, -0.2) is 0 Å². The van der Waals surface area contributed by atoms with Crippen molar-refractivity contribution < 1.29 is 32.8 Å². The predicted octanol–water partition coefficient (Wildman–Crippen LogP) is 5.28. The summed E-state index contributed by atoms with van der Waals surface area (Å²) in [5, 5.41) is 2.55. The molecule has 0 unspecified atom stereocenters. The van der Waals surface area contributed by atoms with Gasteiger partial charge in [-0.2, -0.15) is 0 Å². The van der Waals surface area contributed by atoms with Crippen LogP contribution in [0.25, 0.3) is 0 Å². The second-order valence-corrected chi connectivity index (χ2v) is 15.1. The Kier molecular flexibility index (Phi) is 15.9. The van der Waals surface area contributed by atoms with E-state index in [1.807, 2.05) is 19.1 Å².